The van der Waals surface area contributed by atoms with E-state index in [-0.39, 0.29) is 25.9 Å². The third kappa shape index (κ3) is 6.37. The van der Waals surface area contributed by atoms with Crippen LogP contribution in [-0.4, -0.2) is 93.2 Å². The normalized spacial score (nSPS) is 19.9. The van der Waals surface area contributed by atoms with E-state index in [9.17, 15) is 14.7 Å². The summed E-state index contributed by atoms with van der Waals surface area (Å²) in [5.41, 5.74) is 6.53. The van der Waals surface area contributed by atoms with Crippen molar-refractivity contribution in [2.75, 3.05) is 60.3 Å². The third-order valence-electron chi connectivity index (χ3n) is 7.49. The quantitative estimate of drug-likeness (QED) is 0.357. The number of benzene rings is 2. The summed E-state index contributed by atoms with van der Waals surface area (Å²) in [6.45, 7) is 3.96. The molecule has 0 spiro atoms. The number of methoxy groups -OCH3 is 2. The maximum atomic E-state index is 13.5. The van der Waals surface area contributed by atoms with Crippen molar-refractivity contribution in [3.8, 4) is 28.7 Å². The third-order valence-corrected chi connectivity index (χ3v) is 7.49. The topological polar surface area (TPSA) is 133 Å². The van der Waals surface area contributed by atoms with Crippen LogP contribution in [0.25, 0.3) is 0 Å². The molecular formula is C29H39N3O8. The van der Waals surface area contributed by atoms with Crippen molar-refractivity contribution in [1.82, 2.24) is 9.80 Å². The predicted octanol–water partition coefficient (Wildman–Crippen LogP) is 2.57. The van der Waals surface area contributed by atoms with Gasteiger partial charge in [0.1, 0.15) is 6.61 Å². The van der Waals surface area contributed by atoms with Crippen molar-refractivity contribution in [1.29, 1.82) is 0 Å². The SMILES string of the molecule is CCCCN(CCN)C(=O)CN1C[C@H](c2cc(OC)c3c(c2)OCO3)[C@@H](C(=O)O)[C@@H]1COc1ccccc1OC. The minimum absolute atomic E-state index is 0.0473. The molecule has 3 N–H and O–H groups in total. The van der Waals surface area contributed by atoms with Crippen molar-refractivity contribution in [2.24, 2.45) is 11.7 Å². The van der Waals surface area contributed by atoms with Crippen LogP contribution in [0.1, 0.15) is 31.2 Å². The van der Waals surface area contributed by atoms with Gasteiger partial charge in [0, 0.05) is 32.1 Å². The van der Waals surface area contributed by atoms with Crippen molar-refractivity contribution >= 4 is 11.9 Å². The lowest BCUT2D eigenvalue weighted by molar-refractivity contribution is -0.144. The number of rotatable bonds is 14. The van der Waals surface area contributed by atoms with E-state index in [1.807, 2.05) is 17.0 Å². The zero-order valence-corrected chi connectivity index (χ0v) is 23.3. The summed E-state index contributed by atoms with van der Waals surface area (Å²) in [7, 11) is 3.08. The van der Waals surface area contributed by atoms with Crippen LogP contribution >= 0.6 is 0 Å². The van der Waals surface area contributed by atoms with E-state index in [0.717, 1.165) is 18.4 Å². The molecule has 1 saturated heterocycles. The molecule has 2 aromatic rings. The Bertz CT molecular complexity index is 1180. The van der Waals surface area contributed by atoms with Crippen molar-refractivity contribution < 1.29 is 38.4 Å². The Morgan fingerprint density at radius 2 is 1.85 bits per heavy atom. The van der Waals surface area contributed by atoms with Crippen LogP contribution in [0.2, 0.25) is 0 Å². The Hall–Kier alpha value is -3.70. The van der Waals surface area contributed by atoms with Gasteiger partial charge >= 0.3 is 5.97 Å². The minimum atomic E-state index is -0.977. The molecule has 2 heterocycles. The van der Waals surface area contributed by atoms with Gasteiger partial charge in [0.15, 0.2) is 23.0 Å². The average molecular weight is 558 g/mol. The predicted molar refractivity (Wildman–Crippen MR) is 147 cm³/mol. The molecule has 3 atom stereocenters. The number of carbonyl (C=O) groups excluding carboxylic acids is 1. The van der Waals surface area contributed by atoms with Crippen LogP contribution in [0.5, 0.6) is 28.7 Å². The number of fused-ring (bicyclic) bond motifs is 1. The minimum Gasteiger partial charge on any atom is -0.493 e. The maximum Gasteiger partial charge on any atom is 0.308 e. The van der Waals surface area contributed by atoms with Crippen molar-refractivity contribution in [2.45, 2.75) is 31.7 Å². The molecule has 11 nitrogen and oxygen atoms in total. The molecule has 0 aliphatic carbocycles. The Morgan fingerprint density at radius 3 is 2.52 bits per heavy atom. The number of amides is 1. The molecule has 0 saturated carbocycles. The number of carbonyl (C=O) groups is 2. The molecule has 40 heavy (non-hydrogen) atoms. The van der Waals surface area contributed by atoms with Crippen molar-refractivity contribution in [3.05, 3.63) is 42.0 Å². The molecule has 0 radical (unpaired) electrons. The zero-order chi connectivity index (χ0) is 28.6. The highest BCUT2D eigenvalue weighted by molar-refractivity contribution is 5.79. The summed E-state index contributed by atoms with van der Waals surface area (Å²) < 4.78 is 28.2. The highest BCUT2D eigenvalue weighted by Crippen LogP contribution is 2.47. The number of aliphatic carboxylic acids is 1. The summed E-state index contributed by atoms with van der Waals surface area (Å²) in [6, 6.07) is 10.2. The first-order valence-electron chi connectivity index (χ1n) is 13.6. The van der Waals surface area contributed by atoms with E-state index in [0.29, 0.717) is 54.9 Å². The van der Waals surface area contributed by atoms with Crippen LogP contribution in [0.15, 0.2) is 36.4 Å². The lowest BCUT2D eigenvalue weighted by Gasteiger charge is -2.29. The number of hydrogen-bond donors (Lipinski definition) is 2. The smallest absolute Gasteiger partial charge is 0.308 e. The van der Waals surface area contributed by atoms with Gasteiger partial charge in [0.25, 0.3) is 0 Å². The summed E-state index contributed by atoms with van der Waals surface area (Å²) in [6.07, 6.45) is 1.81. The molecule has 11 heteroatoms. The van der Waals surface area contributed by atoms with Crippen LogP contribution in [0.4, 0.5) is 0 Å². The molecule has 0 bridgehead atoms. The van der Waals surface area contributed by atoms with Gasteiger partial charge in [-0.3, -0.25) is 14.5 Å². The van der Waals surface area contributed by atoms with E-state index in [1.165, 1.54) is 7.11 Å². The number of carboxylic acids is 1. The highest BCUT2D eigenvalue weighted by Gasteiger charge is 2.48. The molecule has 2 aliphatic heterocycles. The maximum absolute atomic E-state index is 13.5. The lowest BCUT2D eigenvalue weighted by atomic mass is 9.85. The Morgan fingerprint density at radius 1 is 1.10 bits per heavy atom. The van der Waals surface area contributed by atoms with E-state index < -0.39 is 23.8 Å². The van der Waals surface area contributed by atoms with E-state index >= 15 is 0 Å². The Kier molecular flexibility index (Phi) is 9.94. The summed E-state index contributed by atoms with van der Waals surface area (Å²) in [4.78, 5) is 29.9. The average Bonchev–Trinajstić information content (AvgIpc) is 3.58. The van der Waals surface area contributed by atoms with Gasteiger partial charge < -0.3 is 39.4 Å². The number of nitrogens with two attached hydrogens (primary N) is 1. The van der Waals surface area contributed by atoms with Gasteiger partial charge in [-0.05, 0) is 36.2 Å². The Labute approximate surface area is 234 Å². The van der Waals surface area contributed by atoms with Crippen LogP contribution < -0.4 is 29.4 Å². The van der Waals surface area contributed by atoms with Crippen LogP contribution in [-0.2, 0) is 9.59 Å². The van der Waals surface area contributed by atoms with Gasteiger partial charge in [-0.2, -0.15) is 0 Å². The fraction of sp³-hybridized carbons (Fsp3) is 0.517. The first-order chi connectivity index (χ1) is 19.4. The second kappa shape index (κ2) is 13.6. The standard InChI is InChI=1S/C29H39N3O8/c1-4-5-11-31(12-10-30)26(33)16-32-15-20(19-13-24(37-3)28-25(14-19)39-18-40-28)27(29(34)35)21(32)17-38-23-9-7-6-8-22(23)36-2/h6-9,13-14,20-21,27H,4-5,10-12,15-18,30H2,1-3H3,(H,34,35)/t20-,21+,27-/m1/s1. The number of para-hydroxylation sites is 2. The molecule has 0 unspecified atom stereocenters. The largest absolute Gasteiger partial charge is 0.493 e. The number of ether oxygens (including phenoxy) is 5. The van der Waals surface area contributed by atoms with Gasteiger partial charge in [0.05, 0.1) is 32.7 Å². The molecule has 0 aromatic heterocycles. The van der Waals surface area contributed by atoms with Gasteiger partial charge in [-0.15, -0.1) is 0 Å². The lowest BCUT2D eigenvalue weighted by Crippen LogP contribution is -2.47. The summed E-state index contributed by atoms with van der Waals surface area (Å²) >= 11 is 0. The van der Waals surface area contributed by atoms with E-state index in [4.69, 9.17) is 29.4 Å². The molecule has 218 valence electrons. The number of nitrogens with zero attached hydrogens (tertiary/aromatic N) is 2. The fourth-order valence-electron chi connectivity index (χ4n) is 5.45. The fourth-order valence-corrected chi connectivity index (χ4v) is 5.45. The summed E-state index contributed by atoms with van der Waals surface area (Å²) in [5.74, 6) is 0.117. The van der Waals surface area contributed by atoms with Gasteiger partial charge in [-0.25, -0.2) is 0 Å². The molecule has 2 aliphatic rings. The van der Waals surface area contributed by atoms with Crippen molar-refractivity contribution in [3.63, 3.8) is 0 Å². The first kappa shape index (κ1) is 29.3. The van der Waals surface area contributed by atoms with E-state index in [1.54, 1.807) is 36.3 Å². The van der Waals surface area contributed by atoms with Crippen LogP contribution in [0.3, 0.4) is 0 Å². The van der Waals surface area contributed by atoms with E-state index in [2.05, 4.69) is 6.92 Å². The van der Waals surface area contributed by atoms with Crippen LogP contribution in [0, 0.1) is 5.92 Å². The Balaban J connectivity index is 1.66. The second-order valence-electron chi connectivity index (χ2n) is 9.91. The van der Waals surface area contributed by atoms with Gasteiger partial charge in [0.2, 0.25) is 18.4 Å². The number of carboxylic acid groups (broad SMARTS) is 1. The van der Waals surface area contributed by atoms with Gasteiger partial charge in [-0.1, -0.05) is 25.5 Å². The molecule has 4 rings (SSSR count). The molecule has 1 amide bonds. The molecule has 1 fully saturated rings. The monoisotopic (exact) mass is 557 g/mol. The second-order valence-corrected chi connectivity index (χ2v) is 9.91. The molecular weight excluding hydrogens is 518 g/mol. The first-order valence-corrected chi connectivity index (χ1v) is 13.6. The zero-order valence-electron chi connectivity index (χ0n) is 23.3. The highest BCUT2D eigenvalue weighted by atomic mass is 16.7. The number of likely N-dealkylation sites (tertiary alicyclic amines) is 1. The number of hydrogen-bond acceptors (Lipinski definition) is 9. The number of unbranched alkanes of at least 4 members (excludes halogenated alkanes) is 1. The molecule has 2 aromatic carbocycles. The summed E-state index contributed by atoms with van der Waals surface area (Å²) in [5, 5.41) is 10.5.